The summed E-state index contributed by atoms with van der Waals surface area (Å²) in [5, 5.41) is 2.89. The number of nitrogens with one attached hydrogen (secondary N) is 2. The van der Waals surface area contributed by atoms with E-state index >= 15 is 0 Å². The van der Waals surface area contributed by atoms with Crippen LogP contribution in [-0.4, -0.2) is 26.4 Å². The molecule has 23 heavy (non-hydrogen) atoms. The van der Waals surface area contributed by atoms with Crippen LogP contribution in [0.4, 0.5) is 0 Å². The van der Waals surface area contributed by atoms with Crippen molar-refractivity contribution in [2.24, 2.45) is 5.92 Å². The average molecular weight is 338 g/mol. The Morgan fingerprint density at radius 2 is 1.83 bits per heavy atom. The third-order valence-electron chi connectivity index (χ3n) is 4.44. The van der Waals surface area contributed by atoms with E-state index in [9.17, 15) is 13.2 Å². The van der Waals surface area contributed by atoms with E-state index < -0.39 is 10.0 Å². The Morgan fingerprint density at radius 1 is 1.17 bits per heavy atom. The van der Waals surface area contributed by atoms with Crippen LogP contribution in [-0.2, 0) is 10.0 Å². The second kappa shape index (κ2) is 7.45. The number of hydrogen-bond donors (Lipinski definition) is 2. The molecule has 1 fully saturated rings. The van der Waals surface area contributed by atoms with Crippen LogP contribution in [0.1, 0.15) is 56.8 Å². The van der Waals surface area contributed by atoms with Crippen LogP contribution in [0.15, 0.2) is 29.2 Å². The smallest absolute Gasteiger partial charge is 0.251 e. The van der Waals surface area contributed by atoms with Gasteiger partial charge in [0.15, 0.2) is 0 Å². The van der Waals surface area contributed by atoms with Crippen molar-refractivity contribution in [2.45, 2.75) is 63.4 Å². The van der Waals surface area contributed by atoms with Crippen molar-refractivity contribution in [1.82, 2.24) is 10.0 Å². The fraction of sp³-hybridized carbons (Fsp3) is 0.588. The highest BCUT2D eigenvalue weighted by atomic mass is 32.2. The molecule has 6 heteroatoms. The van der Waals surface area contributed by atoms with Gasteiger partial charge in [-0.2, -0.15) is 0 Å². The van der Waals surface area contributed by atoms with Gasteiger partial charge in [-0.25, -0.2) is 13.1 Å². The molecule has 1 atom stereocenters. The maximum atomic E-state index is 12.5. The molecule has 1 aromatic carbocycles. The summed E-state index contributed by atoms with van der Waals surface area (Å²) in [5.74, 6) is 0.0685. The van der Waals surface area contributed by atoms with Gasteiger partial charge in [0, 0.05) is 17.6 Å². The van der Waals surface area contributed by atoms with E-state index in [-0.39, 0.29) is 22.9 Å². The molecule has 2 rings (SSSR count). The Hall–Kier alpha value is -1.40. The Balaban J connectivity index is 2.13. The SMILES string of the molecule is CC(C)[C@H](C)NC(=O)c1cccc(S(=O)(=O)NC2CCCC2)c1. The Bertz CT molecular complexity index is 650. The van der Waals surface area contributed by atoms with E-state index in [2.05, 4.69) is 10.0 Å². The number of sulfonamides is 1. The van der Waals surface area contributed by atoms with Gasteiger partial charge in [0.1, 0.15) is 0 Å². The number of benzene rings is 1. The van der Waals surface area contributed by atoms with Gasteiger partial charge in [0.05, 0.1) is 4.90 Å². The number of hydrogen-bond acceptors (Lipinski definition) is 3. The molecule has 1 aliphatic carbocycles. The molecule has 0 bridgehead atoms. The number of carbonyl (C=O) groups is 1. The second-order valence-electron chi connectivity index (χ2n) is 6.64. The monoisotopic (exact) mass is 338 g/mol. The largest absolute Gasteiger partial charge is 0.349 e. The van der Waals surface area contributed by atoms with E-state index in [1.807, 2.05) is 20.8 Å². The standard InChI is InChI=1S/C17H26N2O3S/c1-12(2)13(3)18-17(20)14-7-6-10-16(11-14)23(21,22)19-15-8-4-5-9-15/h6-7,10-13,15,19H,4-5,8-9H2,1-3H3,(H,18,20)/t13-/m0/s1. The van der Waals surface area contributed by atoms with Gasteiger partial charge >= 0.3 is 0 Å². The summed E-state index contributed by atoms with van der Waals surface area (Å²) in [5.41, 5.74) is 0.367. The fourth-order valence-corrected chi connectivity index (χ4v) is 3.94. The first kappa shape index (κ1) is 17.9. The van der Waals surface area contributed by atoms with Gasteiger partial charge in [-0.05, 0) is 43.9 Å². The maximum absolute atomic E-state index is 12.5. The van der Waals surface area contributed by atoms with Crippen LogP contribution < -0.4 is 10.0 Å². The molecular formula is C17H26N2O3S. The molecule has 1 amide bonds. The predicted molar refractivity (Wildman–Crippen MR) is 90.8 cm³/mol. The fourth-order valence-electron chi connectivity index (χ4n) is 2.59. The maximum Gasteiger partial charge on any atom is 0.251 e. The first-order chi connectivity index (χ1) is 10.8. The summed E-state index contributed by atoms with van der Waals surface area (Å²) in [6.07, 6.45) is 3.88. The topological polar surface area (TPSA) is 75.3 Å². The van der Waals surface area contributed by atoms with E-state index in [1.165, 1.54) is 12.1 Å². The van der Waals surface area contributed by atoms with Gasteiger partial charge < -0.3 is 5.32 Å². The second-order valence-corrected chi connectivity index (χ2v) is 8.35. The molecule has 0 aromatic heterocycles. The minimum absolute atomic E-state index is 0.0124. The van der Waals surface area contributed by atoms with E-state index in [1.54, 1.807) is 12.1 Å². The number of carbonyl (C=O) groups excluding carboxylic acids is 1. The van der Waals surface area contributed by atoms with Gasteiger partial charge in [-0.1, -0.05) is 32.8 Å². The quantitative estimate of drug-likeness (QED) is 0.837. The number of amides is 1. The molecule has 5 nitrogen and oxygen atoms in total. The summed E-state index contributed by atoms with van der Waals surface area (Å²) in [6, 6.07) is 6.26. The van der Waals surface area contributed by atoms with Crippen LogP contribution in [0.5, 0.6) is 0 Å². The highest BCUT2D eigenvalue weighted by Gasteiger charge is 2.23. The summed E-state index contributed by atoms with van der Waals surface area (Å²) >= 11 is 0. The third-order valence-corrected chi connectivity index (χ3v) is 5.96. The van der Waals surface area contributed by atoms with E-state index in [4.69, 9.17) is 0 Å². The zero-order chi connectivity index (χ0) is 17.0. The van der Waals surface area contributed by atoms with Gasteiger partial charge in [0.2, 0.25) is 10.0 Å². The summed E-state index contributed by atoms with van der Waals surface area (Å²) in [7, 11) is -3.57. The molecule has 1 aliphatic rings. The van der Waals surface area contributed by atoms with Crippen LogP contribution >= 0.6 is 0 Å². The highest BCUT2D eigenvalue weighted by Crippen LogP contribution is 2.21. The molecule has 0 aliphatic heterocycles. The van der Waals surface area contributed by atoms with Crippen LogP contribution in [0.2, 0.25) is 0 Å². The molecule has 1 aromatic rings. The molecule has 2 N–H and O–H groups in total. The van der Waals surface area contributed by atoms with Crippen molar-refractivity contribution in [1.29, 1.82) is 0 Å². The molecule has 128 valence electrons. The molecule has 0 unspecified atom stereocenters. The summed E-state index contributed by atoms with van der Waals surface area (Å²) in [6.45, 7) is 5.99. The summed E-state index contributed by atoms with van der Waals surface area (Å²) < 4.78 is 27.6. The van der Waals surface area contributed by atoms with E-state index in [0.29, 0.717) is 11.5 Å². The first-order valence-electron chi connectivity index (χ1n) is 8.23. The highest BCUT2D eigenvalue weighted by molar-refractivity contribution is 7.89. The molecule has 0 radical (unpaired) electrons. The average Bonchev–Trinajstić information content (AvgIpc) is 2.99. The van der Waals surface area contributed by atoms with Crippen molar-refractivity contribution in [3.63, 3.8) is 0 Å². The lowest BCUT2D eigenvalue weighted by Crippen LogP contribution is -2.36. The van der Waals surface area contributed by atoms with Crippen molar-refractivity contribution < 1.29 is 13.2 Å². The minimum atomic E-state index is -3.57. The third kappa shape index (κ3) is 4.78. The molecule has 1 saturated carbocycles. The van der Waals surface area contributed by atoms with Crippen molar-refractivity contribution >= 4 is 15.9 Å². The normalized spacial score (nSPS) is 17.4. The van der Waals surface area contributed by atoms with Gasteiger partial charge in [-0.3, -0.25) is 4.79 Å². The van der Waals surface area contributed by atoms with Crippen LogP contribution in [0, 0.1) is 5.92 Å². The van der Waals surface area contributed by atoms with Crippen LogP contribution in [0.25, 0.3) is 0 Å². The molecular weight excluding hydrogens is 312 g/mol. The molecule has 0 spiro atoms. The zero-order valence-electron chi connectivity index (χ0n) is 14.0. The minimum Gasteiger partial charge on any atom is -0.349 e. The molecule has 0 saturated heterocycles. The van der Waals surface area contributed by atoms with E-state index in [0.717, 1.165) is 25.7 Å². The van der Waals surface area contributed by atoms with Crippen molar-refractivity contribution in [3.05, 3.63) is 29.8 Å². The lowest BCUT2D eigenvalue weighted by Gasteiger charge is -2.18. The van der Waals surface area contributed by atoms with Crippen molar-refractivity contribution in [2.75, 3.05) is 0 Å². The lowest BCUT2D eigenvalue weighted by atomic mass is 10.1. The predicted octanol–water partition coefficient (Wildman–Crippen LogP) is 2.68. The Morgan fingerprint density at radius 3 is 2.43 bits per heavy atom. The summed E-state index contributed by atoms with van der Waals surface area (Å²) in [4.78, 5) is 12.4. The van der Waals surface area contributed by atoms with Gasteiger partial charge in [-0.15, -0.1) is 0 Å². The Labute approximate surface area is 138 Å². The Kier molecular flexibility index (Phi) is 5.81. The van der Waals surface area contributed by atoms with Crippen molar-refractivity contribution in [3.8, 4) is 0 Å². The lowest BCUT2D eigenvalue weighted by molar-refractivity contribution is 0.0930. The zero-order valence-corrected chi connectivity index (χ0v) is 14.8. The molecule has 0 heterocycles. The van der Waals surface area contributed by atoms with Gasteiger partial charge in [0.25, 0.3) is 5.91 Å². The first-order valence-corrected chi connectivity index (χ1v) is 9.71. The number of rotatable bonds is 6. The van der Waals surface area contributed by atoms with Crippen LogP contribution in [0.3, 0.4) is 0 Å².